The van der Waals surface area contributed by atoms with Crippen molar-refractivity contribution in [3.8, 4) is 34.5 Å². The molecule has 0 saturated carbocycles. The predicted molar refractivity (Wildman–Crippen MR) is 361 cm³/mol. The van der Waals surface area contributed by atoms with E-state index >= 15 is 0 Å². The number of carbonyl (C=O) groups excluding carboxylic acids is 2. The number of aryl methyl sites for hydroxylation is 2. The number of rotatable bonds is 52. The molecule has 3 aromatic rings. The molecule has 5 rings (SSSR count). The molecular weight excluding hydrogens is 1070 g/mol. The molecule has 10 heteroatoms. The van der Waals surface area contributed by atoms with Crippen LogP contribution in [-0.2, 0) is 12.8 Å². The van der Waals surface area contributed by atoms with Crippen molar-refractivity contribution in [3.05, 3.63) is 82.2 Å². The molecule has 0 aliphatic heterocycles. The van der Waals surface area contributed by atoms with Crippen LogP contribution >= 0.6 is 0 Å². The summed E-state index contributed by atoms with van der Waals surface area (Å²) in [6, 6.07) is 12.0. The van der Waals surface area contributed by atoms with Crippen LogP contribution in [0, 0.1) is 0 Å². The zero-order chi connectivity index (χ0) is 61.1. The normalized spacial score (nSPS) is 13.9. The lowest BCUT2D eigenvalue weighted by atomic mass is 9.87. The number of ether oxygens (including phenoxy) is 6. The average Bonchev–Trinajstić information content (AvgIpc) is 1.69. The summed E-state index contributed by atoms with van der Waals surface area (Å²) >= 11 is 0. The molecule has 0 unspecified atom stereocenters. The van der Waals surface area contributed by atoms with Gasteiger partial charge < -0.3 is 39.1 Å². The van der Waals surface area contributed by atoms with E-state index in [1.165, 1.54) is 154 Å². The number of hydrogen-bond donors (Lipinski definition) is 2. The van der Waals surface area contributed by atoms with E-state index in [9.17, 15) is 9.59 Å². The van der Waals surface area contributed by atoms with Crippen LogP contribution in [0.15, 0.2) is 59.9 Å². The van der Waals surface area contributed by atoms with Crippen molar-refractivity contribution in [3.63, 3.8) is 0 Å². The van der Waals surface area contributed by atoms with Gasteiger partial charge in [-0.3, -0.25) is 9.59 Å². The van der Waals surface area contributed by atoms with Gasteiger partial charge in [0.25, 0.3) is 0 Å². The predicted octanol–water partition coefficient (Wildman–Crippen LogP) is 22.4. The Morgan fingerprint density at radius 1 is 0.291 bits per heavy atom. The minimum atomic E-state index is -0.0153. The van der Waals surface area contributed by atoms with Gasteiger partial charge in [0.05, 0.1) is 51.0 Å². The maximum absolute atomic E-state index is 14.7. The monoisotopic (exact) mass is 1190 g/mol. The lowest BCUT2D eigenvalue weighted by Crippen LogP contribution is -2.17. The molecule has 0 fully saturated rings. The van der Waals surface area contributed by atoms with Gasteiger partial charge in [-0.05, 0) is 99.6 Å². The van der Waals surface area contributed by atoms with Crippen LogP contribution in [0.1, 0.15) is 317 Å². The standard InChI is InChI=1S/C76H120N2O8/c1-7-13-19-25-31-37-47-81-69-53-61-43-45-63(75(79)65(61)55-71(69)83-49-39-33-27-21-15-9-3)59-77-67-57-73(85-51-41-35-29-23-17-11-5)74(86-52-42-36-30-24-18-12-6)58-68(67)78-60-64-46-44-62-54-70(82-48-38-32-26-20-14-8-2)72(56-66(62)76(64)80)84-50-40-34-28-22-16-10-4/h53-60,77-78H,7-52H2,1-6H3/b63-59-,64-60+. The molecule has 10 nitrogen and oxygen atoms in total. The molecule has 86 heavy (non-hydrogen) atoms. The second-order valence-electron chi connectivity index (χ2n) is 24.7. The summed E-state index contributed by atoms with van der Waals surface area (Å²) in [5, 5.41) is 7.18. The maximum atomic E-state index is 14.7. The zero-order valence-electron chi connectivity index (χ0n) is 55.4. The third kappa shape index (κ3) is 27.1. The third-order valence-electron chi connectivity index (χ3n) is 17.2. The minimum absolute atomic E-state index is 0.0153. The van der Waals surface area contributed by atoms with Gasteiger partial charge in [0, 0.05) is 46.8 Å². The molecule has 482 valence electrons. The quantitative estimate of drug-likeness (QED) is 0.0418. The van der Waals surface area contributed by atoms with Gasteiger partial charge in [-0.25, -0.2) is 0 Å². The van der Waals surface area contributed by atoms with Gasteiger partial charge in [-0.2, -0.15) is 0 Å². The highest BCUT2D eigenvalue weighted by molar-refractivity contribution is 6.12. The van der Waals surface area contributed by atoms with Crippen LogP contribution in [0.2, 0.25) is 0 Å². The first-order chi connectivity index (χ1) is 42.3. The van der Waals surface area contributed by atoms with E-state index in [-0.39, 0.29) is 11.6 Å². The van der Waals surface area contributed by atoms with E-state index < -0.39 is 0 Å². The molecule has 0 saturated heterocycles. The van der Waals surface area contributed by atoms with Gasteiger partial charge in [-0.15, -0.1) is 0 Å². The Morgan fingerprint density at radius 2 is 0.512 bits per heavy atom. The Balaban J connectivity index is 1.44. The van der Waals surface area contributed by atoms with Crippen molar-refractivity contribution in [1.29, 1.82) is 0 Å². The number of anilines is 2. The fraction of sp³-hybridized carbons (Fsp3) is 0.684. The summed E-state index contributed by atoms with van der Waals surface area (Å²) in [6.07, 6.45) is 48.6. The van der Waals surface area contributed by atoms with E-state index in [2.05, 4.69) is 64.3 Å². The number of unbranched alkanes of at least 4 members (excludes halogenated alkanes) is 30. The Bertz CT molecular complexity index is 2240. The highest BCUT2D eigenvalue weighted by Crippen LogP contribution is 2.41. The van der Waals surface area contributed by atoms with Gasteiger partial charge in [0.1, 0.15) is 0 Å². The van der Waals surface area contributed by atoms with E-state index in [0.29, 0.717) is 111 Å². The first-order valence-corrected chi connectivity index (χ1v) is 35.6. The summed E-state index contributed by atoms with van der Waals surface area (Å²) in [5.74, 6) is 4.09. The van der Waals surface area contributed by atoms with E-state index in [1.807, 2.05) is 36.7 Å². The van der Waals surface area contributed by atoms with Crippen LogP contribution in [-0.4, -0.2) is 51.2 Å². The van der Waals surface area contributed by atoms with Gasteiger partial charge in [0.15, 0.2) is 46.1 Å². The minimum Gasteiger partial charge on any atom is -0.490 e. The maximum Gasteiger partial charge on any atom is 0.190 e. The molecule has 3 aromatic carbocycles. The fourth-order valence-electron chi connectivity index (χ4n) is 11.6. The number of carbonyl (C=O) groups is 2. The second-order valence-corrected chi connectivity index (χ2v) is 24.7. The summed E-state index contributed by atoms with van der Waals surface area (Å²) in [6.45, 7) is 17.1. The summed E-state index contributed by atoms with van der Waals surface area (Å²) in [5.41, 5.74) is 6.15. The van der Waals surface area contributed by atoms with Crippen LogP contribution in [0.4, 0.5) is 11.4 Å². The molecule has 0 amide bonds. The number of Topliss-reactive ketones (excluding diaryl/α,β-unsaturated/α-hetero) is 2. The molecule has 0 aromatic heterocycles. The Labute approximate surface area is 523 Å². The lowest BCUT2D eigenvalue weighted by molar-refractivity contribution is 0.101. The van der Waals surface area contributed by atoms with Gasteiger partial charge in [0.2, 0.25) is 0 Å². The third-order valence-corrected chi connectivity index (χ3v) is 17.2. The first-order valence-electron chi connectivity index (χ1n) is 35.6. The lowest BCUT2D eigenvalue weighted by Gasteiger charge is -2.23. The van der Waals surface area contributed by atoms with Crippen molar-refractivity contribution >= 4 is 22.9 Å². The SMILES string of the molecule is CCCCCCCCOc1cc2c(cc1OCCCCCCCC)C(=O)/C(=C\Nc1cc(OCCCCCCCC)c(OCCCCCCCC)cc1N/C=C1\CCc3cc(OCCCCCCCC)c(OCCCCCCCC)cc3C1=O)CC2. The zero-order valence-corrected chi connectivity index (χ0v) is 55.4. The second kappa shape index (κ2) is 45.2. The Hall–Kier alpha value is -5.12. The number of allylic oxidation sites excluding steroid dienone is 2. The summed E-state index contributed by atoms with van der Waals surface area (Å²) in [7, 11) is 0. The van der Waals surface area contributed by atoms with Gasteiger partial charge in [-0.1, -0.05) is 234 Å². The smallest absolute Gasteiger partial charge is 0.190 e. The molecule has 0 radical (unpaired) electrons. The van der Waals surface area contributed by atoms with Crippen molar-refractivity contribution in [2.75, 3.05) is 50.3 Å². The number of fused-ring (bicyclic) bond motifs is 2. The average molecular weight is 1190 g/mol. The highest BCUT2D eigenvalue weighted by atomic mass is 16.5. The number of hydrogen-bond acceptors (Lipinski definition) is 10. The van der Waals surface area contributed by atoms with Gasteiger partial charge >= 0.3 is 0 Å². The van der Waals surface area contributed by atoms with Crippen molar-refractivity contribution < 1.29 is 38.0 Å². The number of benzene rings is 3. The first kappa shape index (κ1) is 71.6. The fourth-order valence-corrected chi connectivity index (χ4v) is 11.6. The van der Waals surface area contributed by atoms with Crippen molar-refractivity contribution in [2.45, 2.75) is 298 Å². The topological polar surface area (TPSA) is 114 Å². The molecule has 0 heterocycles. The van der Waals surface area contributed by atoms with E-state index in [0.717, 1.165) is 111 Å². The Kier molecular flexibility index (Phi) is 37.6. The molecule has 2 aliphatic rings. The number of nitrogens with one attached hydrogen (secondary N) is 2. The molecule has 0 spiro atoms. The van der Waals surface area contributed by atoms with Crippen LogP contribution in [0.25, 0.3) is 0 Å². The highest BCUT2D eigenvalue weighted by Gasteiger charge is 2.27. The molecular formula is C76H120N2O8. The summed E-state index contributed by atoms with van der Waals surface area (Å²) in [4.78, 5) is 29.4. The van der Waals surface area contributed by atoms with E-state index in [1.54, 1.807) is 0 Å². The van der Waals surface area contributed by atoms with Crippen molar-refractivity contribution in [2.24, 2.45) is 0 Å². The molecule has 2 aliphatic carbocycles. The molecule has 2 N–H and O–H groups in total. The van der Waals surface area contributed by atoms with Crippen molar-refractivity contribution in [1.82, 2.24) is 0 Å². The number of ketones is 2. The van der Waals surface area contributed by atoms with E-state index in [4.69, 9.17) is 28.4 Å². The molecule has 0 bridgehead atoms. The van der Waals surface area contributed by atoms with Crippen LogP contribution in [0.5, 0.6) is 34.5 Å². The summed E-state index contributed by atoms with van der Waals surface area (Å²) < 4.78 is 39.2. The molecule has 0 atom stereocenters. The largest absolute Gasteiger partial charge is 0.490 e. The van der Waals surface area contributed by atoms with Crippen LogP contribution < -0.4 is 39.1 Å². The van der Waals surface area contributed by atoms with Crippen LogP contribution in [0.3, 0.4) is 0 Å². The Morgan fingerprint density at radius 3 is 0.767 bits per heavy atom.